The summed E-state index contributed by atoms with van der Waals surface area (Å²) >= 11 is 1.55. The molecule has 19 heavy (non-hydrogen) atoms. The molecule has 3 heterocycles. The number of nitrogens with one attached hydrogen (secondary N) is 1. The number of carbonyl (C=O) groups excluding carboxylic acids is 1. The summed E-state index contributed by atoms with van der Waals surface area (Å²) in [6.07, 6.45) is 2.63. The van der Waals surface area contributed by atoms with Crippen molar-refractivity contribution in [2.24, 2.45) is 11.8 Å². The van der Waals surface area contributed by atoms with Crippen LogP contribution in [0.15, 0.2) is 29.7 Å². The zero-order chi connectivity index (χ0) is 13.4. The van der Waals surface area contributed by atoms with E-state index in [1.165, 1.54) is 0 Å². The Bertz CT molecular complexity index is 525. The normalized spacial score (nSPS) is 31.6. The third-order valence-corrected chi connectivity index (χ3v) is 4.38. The topological polar surface area (TPSA) is 75.6 Å². The van der Waals surface area contributed by atoms with Crippen molar-refractivity contribution in [1.82, 2.24) is 5.32 Å². The van der Waals surface area contributed by atoms with Crippen LogP contribution in [-0.4, -0.2) is 29.2 Å². The van der Waals surface area contributed by atoms with Crippen molar-refractivity contribution in [3.05, 3.63) is 34.5 Å². The zero-order valence-electron chi connectivity index (χ0n) is 9.98. The van der Waals surface area contributed by atoms with Gasteiger partial charge in [0.05, 0.1) is 24.7 Å². The smallest absolute Gasteiger partial charge is 0.310 e. The number of carboxylic acid groups (broad SMARTS) is 1. The van der Waals surface area contributed by atoms with Gasteiger partial charge in [0.25, 0.3) is 0 Å². The first kappa shape index (κ1) is 12.4. The van der Waals surface area contributed by atoms with Crippen LogP contribution in [-0.2, 0) is 20.9 Å². The fourth-order valence-electron chi connectivity index (χ4n) is 2.62. The second kappa shape index (κ2) is 4.79. The number of thiophene rings is 1. The number of rotatable bonds is 4. The van der Waals surface area contributed by atoms with Crippen LogP contribution in [0.25, 0.3) is 0 Å². The van der Waals surface area contributed by atoms with Gasteiger partial charge in [-0.2, -0.15) is 0 Å². The largest absolute Gasteiger partial charge is 0.481 e. The SMILES string of the molecule is O=C(O)[C@@H]1[C@@H](C(=O)NCc2cccs2)[C@H]2C=C[C@@H]1O2. The predicted octanol–water partition coefficient (Wildman–Crippen LogP) is 1.02. The van der Waals surface area contributed by atoms with Crippen molar-refractivity contribution in [1.29, 1.82) is 0 Å². The van der Waals surface area contributed by atoms with Gasteiger partial charge in [0.15, 0.2) is 0 Å². The number of aliphatic carboxylic acids is 1. The van der Waals surface area contributed by atoms with E-state index in [4.69, 9.17) is 4.74 Å². The number of amides is 1. The van der Waals surface area contributed by atoms with E-state index in [1.54, 1.807) is 23.5 Å². The average molecular weight is 279 g/mol. The van der Waals surface area contributed by atoms with Crippen LogP contribution < -0.4 is 5.32 Å². The molecular weight excluding hydrogens is 266 g/mol. The average Bonchev–Trinajstić information content (AvgIpc) is 3.10. The van der Waals surface area contributed by atoms with Gasteiger partial charge >= 0.3 is 5.97 Å². The number of carboxylic acids is 1. The minimum Gasteiger partial charge on any atom is -0.481 e. The molecule has 0 aromatic carbocycles. The van der Waals surface area contributed by atoms with Crippen molar-refractivity contribution < 1.29 is 19.4 Å². The van der Waals surface area contributed by atoms with Gasteiger partial charge in [-0.1, -0.05) is 18.2 Å². The van der Waals surface area contributed by atoms with Crippen LogP contribution in [0.4, 0.5) is 0 Å². The summed E-state index contributed by atoms with van der Waals surface area (Å²) in [6.45, 7) is 0.431. The summed E-state index contributed by atoms with van der Waals surface area (Å²) in [6, 6.07) is 3.84. The van der Waals surface area contributed by atoms with Crippen LogP contribution in [0.1, 0.15) is 4.88 Å². The predicted molar refractivity (Wildman–Crippen MR) is 68.6 cm³/mol. The van der Waals surface area contributed by atoms with Crippen molar-refractivity contribution in [3.63, 3.8) is 0 Å². The lowest BCUT2D eigenvalue weighted by Gasteiger charge is -2.20. The highest BCUT2D eigenvalue weighted by atomic mass is 32.1. The molecule has 1 saturated heterocycles. The molecule has 6 heteroatoms. The Kier molecular flexibility index (Phi) is 3.12. The molecule has 2 bridgehead atoms. The number of fused-ring (bicyclic) bond motifs is 2. The summed E-state index contributed by atoms with van der Waals surface area (Å²) in [7, 11) is 0. The molecule has 4 atom stereocenters. The summed E-state index contributed by atoms with van der Waals surface area (Å²) in [4.78, 5) is 24.5. The van der Waals surface area contributed by atoms with Gasteiger partial charge in [-0.05, 0) is 11.4 Å². The van der Waals surface area contributed by atoms with E-state index in [0.717, 1.165) is 4.88 Å². The molecule has 3 rings (SSSR count). The molecule has 0 saturated carbocycles. The molecule has 0 aliphatic carbocycles. The Labute approximate surface area is 113 Å². The van der Waals surface area contributed by atoms with E-state index < -0.39 is 30.0 Å². The number of carbonyl (C=O) groups is 2. The summed E-state index contributed by atoms with van der Waals surface area (Å²) in [5.41, 5.74) is 0. The fraction of sp³-hybridized carbons (Fsp3) is 0.385. The molecular formula is C13H13NO4S. The molecule has 2 aliphatic heterocycles. The maximum atomic E-state index is 12.2. The molecule has 100 valence electrons. The zero-order valence-corrected chi connectivity index (χ0v) is 10.8. The highest BCUT2D eigenvalue weighted by Crippen LogP contribution is 2.39. The van der Waals surface area contributed by atoms with E-state index in [-0.39, 0.29) is 5.91 Å². The van der Waals surface area contributed by atoms with Crippen LogP contribution in [0.5, 0.6) is 0 Å². The highest BCUT2D eigenvalue weighted by Gasteiger charge is 2.53. The maximum absolute atomic E-state index is 12.2. The van der Waals surface area contributed by atoms with Crippen LogP contribution >= 0.6 is 11.3 Å². The minimum atomic E-state index is -0.979. The Balaban J connectivity index is 1.68. The molecule has 0 unspecified atom stereocenters. The Morgan fingerprint density at radius 3 is 2.68 bits per heavy atom. The van der Waals surface area contributed by atoms with Gasteiger partial charge in [-0.3, -0.25) is 9.59 Å². The number of ether oxygens (including phenoxy) is 1. The first-order valence-corrected chi connectivity index (χ1v) is 6.91. The van der Waals surface area contributed by atoms with E-state index >= 15 is 0 Å². The standard InChI is InChI=1S/C13H13NO4S/c15-12(14-6-7-2-1-5-19-7)10-8-3-4-9(18-8)11(10)13(16)17/h1-5,8-11H,6H2,(H,14,15)(H,16,17)/t8-,9+,10+,11+/m1/s1. The van der Waals surface area contributed by atoms with E-state index in [2.05, 4.69) is 5.32 Å². The molecule has 0 spiro atoms. The lowest BCUT2D eigenvalue weighted by Crippen LogP contribution is -2.42. The van der Waals surface area contributed by atoms with Gasteiger partial charge in [-0.15, -0.1) is 11.3 Å². The lowest BCUT2D eigenvalue weighted by molar-refractivity contribution is -0.146. The van der Waals surface area contributed by atoms with Crippen molar-refractivity contribution in [2.45, 2.75) is 18.8 Å². The molecule has 2 aliphatic rings. The molecule has 1 amide bonds. The third kappa shape index (κ3) is 2.17. The maximum Gasteiger partial charge on any atom is 0.310 e. The van der Waals surface area contributed by atoms with Crippen LogP contribution in [0.3, 0.4) is 0 Å². The number of hydrogen-bond acceptors (Lipinski definition) is 4. The Hall–Kier alpha value is -1.66. The van der Waals surface area contributed by atoms with E-state index in [0.29, 0.717) is 6.54 Å². The molecule has 1 aromatic heterocycles. The van der Waals surface area contributed by atoms with Crippen LogP contribution in [0, 0.1) is 11.8 Å². The molecule has 1 fully saturated rings. The first-order chi connectivity index (χ1) is 9.16. The first-order valence-electron chi connectivity index (χ1n) is 6.03. The minimum absolute atomic E-state index is 0.252. The number of hydrogen-bond donors (Lipinski definition) is 2. The summed E-state index contributed by atoms with van der Waals surface area (Å²) < 4.78 is 5.47. The third-order valence-electron chi connectivity index (χ3n) is 3.50. The lowest BCUT2D eigenvalue weighted by atomic mass is 9.82. The molecule has 0 radical (unpaired) electrons. The molecule has 5 nitrogen and oxygen atoms in total. The van der Waals surface area contributed by atoms with Crippen molar-refractivity contribution in [3.8, 4) is 0 Å². The second-order valence-corrected chi connectivity index (χ2v) is 5.67. The Morgan fingerprint density at radius 2 is 2.05 bits per heavy atom. The quantitative estimate of drug-likeness (QED) is 0.807. The van der Waals surface area contributed by atoms with Crippen LogP contribution in [0.2, 0.25) is 0 Å². The second-order valence-electron chi connectivity index (χ2n) is 4.64. The van der Waals surface area contributed by atoms with Gasteiger partial charge in [-0.25, -0.2) is 0 Å². The van der Waals surface area contributed by atoms with Crippen molar-refractivity contribution in [2.75, 3.05) is 0 Å². The monoisotopic (exact) mass is 279 g/mol. The van der Waals surface area contributed by atoms with Gasteiger partial charge in [0.2, 0.25) is 5.91 Å². The molecule has 2 N–H and O–H groups in total. The van der Waals surface area contributed by atoms with Gasteiger partial charge < -0.3 is 15.2 Å². The van der Waals surface area contributed by atoms with Gasteiger partial charge in [0.1, 0.15) is 5.92 Å². The fourth-order valence-corrected chi connectivity index (χ4v) is 3.26. The van der Waals surface area contributed by atoms with Crippen molar-refractivity contribution >= 4 is 23.2 Å². The highest BCUT2D eigenvalue weighted by molar-refractivity contribution is 7.09. The summed E-state index contributed by atoms with van der Waals surface area (Å²) in [5, 5.41) is 13.9. The van der Waals surface area contributed by atoms with Gasteiger partial charge in [0, 0.05) is 4.88 Å². The Morgan fingerprint density at radius 1 is 1.32 bits per heavy atom. The van der Waals surface area contributed by atoms with E-state index in [9.17, 15) is 14.7 Å². The summed E-state index contributed by atoms with van der Waals surface area (Å²) in [5.74, 6) is -2.64. The van der Waals surface area contributed by atoms with E-state index in [1.807, 2.05) is 17.5 Å². The molecule has 1 aromatic rings.